The van der Waals surface area contributed by atoms with Crippen molar-refractivity contribution in [2.24, 2.45) is 0 Å². The minimum Gasteiger partial charge on any atom is -0.490 e. The van der Waals surface area contributed by atoms with Gasteiger partial charge in [-0.1, -0.05) is 53.6 Å². The number of hydrogen-bond donors (Lipinski definition) is 1. The molecule has 3 aromatic rings. The van der Waals surface area contributed by atoms with Crippen LogP contribution in [0.1, 0.15) is 45.1 Å². The summed E-state index contributed by atoms with van der Waals surface area (Å²) in [4.78, 5) is 13.1. The van der Waals surface area contributed by atoms with Crippen molar-refractivity contribution in [2.45, 2.75) is 32.7 Å². The molecule has 0 spiro atoms. The molecule has 1 N–H and O–H groups in total. The Balaban J connectivity index is 1.64. The molecule has 4 heteroatoms. The Bertz CT molecular complexity index is 1010. The van der Waals surface area contributed by atoms with E-state index < -0.39 is 0 Å². The van der Waals surface area contributed by atoms with Crippen molar-refractivity contribution in [3.8, 4) is 11.5 Å². The molecule has 0 radical (unpaired) electrons. The number of benzene rings is 3. The molecule has 0 aromatic heterocycles. The maximum atomic E-state index is 13.1. The molecule has 1 aliphatic rings. The van der Waals surface area contributed by atoms with E-state index in [1.165, 1.54) is 0 Å². The minimum absolute atomic E-state index is 0.0742. The van der Waals surface area contributed by atoms with Gasteiger partial charge in [0.2, 0.25) is 0 Å². The maximum absolute atomic E-state index is 13.1. The predicted molar refractivity (Wildman–Crippen MR) is 118 cm³/mol. The minimum atomic E-state index is -0.183. The Labute approximate surface area is 177 Å². The van der Waals surface area contributed by atoms with E-state index in [9.17, 15) is 4.79 Å². The number of ether oxygens (including phenoxy) is 2. The number of rotatable bonds is 5. The fraction of sp³-hybridized carbons (Fsp3) is 0.269. The van der Waals surface area contributed by atoms with Crippen molar-refractivity contribution in [3.63, 3.8) is 0 Å². The molecule has 3 aromatic carbocycles. The average molecular weight is 402 g/mol. The summed E-state index contributed by atoms with van der Waals surface area (Å²) in [5.41, 5.74) is 5.00. The number of carbonyl (C=O) groups is 1. The van der Waals surface area contributed by atoms with Crippen molar-refractivity contribution in [2.75, 3.05) is 13.2 Å². The molecule has 0 saturated heterocycles. The molecule has 0 aliphatic carbocycles. The van der Waals surface area contributed by atoms with Crippen LogP contribution in [0.5, 0.6) is 11.5 Å². The average Bonchev–Trinajstić information content (AvgIpc) is 2.98. The Morgan fingerprint density at radius 3 is 2.33 bits per heavy atom. The van der Waals surface area contributed by atoms with Crippen LogP contribution in [-0.2, 0) is 6.42 Å². The zero-order valence-corrected chi connectivity index (χ0v) is 17.5. The zero-order valence-electron chi connectivity index (χ0n) is 17.5. The molecule has 0 saturated carbocycles. The van der Waals surface area contributed by atoms with Gasteiger partial charge in [-0.25, -0.2) is 0 Å². The lowest BCUT2D eigenvalue weighted by atomic mass is 9.97. The largest absolute Gasteiger partial charge is 0.490 e. The summed E-state index contributed by atoms with van der Waals surface area (Å²) >= 11 is 0. The van der Waals surface area contributed by atoms with E-state index >= 15 is 0 Å². The van der Waals surface area contributed by atoms with Crippen LogP contribution in [0.4, 0.5) is 0 Å². The van der Waals surface area contributed by atoms with Crippen LogP contribution in [0.2, 0.25) is 0 Å². The number of carbonyl (C=O) groups excluding carboxylic acids is 1. The summed E-state index contributed by atoms with van der Waals surface area (Å²) in [6, 6.07) is 21.9. The van der Waals surface area contributed by atoms with E-state index in [1.807, 2.05) is 62.4 Å². The summed E-state index contributed by atoms with van der Waals surface area (Å²) in [7, 11) is 0. The van der Waals surface area contributed by atoms with Gasteiger partial charge in [0.1, 0.15) is 0 Å². The maximum Gasteiger partial charge on any atom is 0.251 e. The van der Waals surface area contributed by atoms with Crippen molar-refractivity contribution in [3.05, 3.63) is 94.5 Å². The van der Waals surface area contributed by atoms with Gasteiger partial charge in [0.25, 0.3) is 5.91 Å². The van der Waals surface area contributed by atoms with E-state index in [1.54, 1.807) is 0 Å². The van der Waals surface area contributed by atoms with E-state index in [0.29, 0.717) is 25.2 Å². The fourth-order valence-electron chi connectivity index (χ4n) is 3.85. The highest BCUT2D eigenvalue weighted by molar-refractivity contribution is 5.94. The Morgan fingerprint density at radius 1 is 0.900 bits per heavy atom. The Morgan fingerprint density at radius 2 is 1.60 bits per heavy atom. The molecular weight excluding hydrogens is 374 g/mol. The lowest BCUT2D eigenvalue weighted by Crippen LogP contribution is -2.30. The first-order valence-electron chi connectivity index (χ1n) is 10.4. The van der Waals surface area contributed by atoms with Gasteiger partial charge in [0.05, 0.1) is 19.3 Å². The van der Waals surface area contributed by atoms with Crippen LogP contribution in [0.25, 0.3) is 0 Å². The topological polar surface area (TPSA) is 47.6 Å². The molecule has 1 atom stereocenters. The second-order valence-corrected chi connectivity index (χ2v) is 7.85. The van der Waals surface area contributed by atoms with E-state index in [0.717, 1.165) is 40.2 Å². The first-order chi connectivity index (χ1) is 14.6. The van der Waals surface area contributed by atoms with Crippen LogP contribution < -0.4 is 14.8 Å². The van der Waals surface area contributed by atoms with Gasteiger partial charge in [0, 0.05) is 12.0 Å². The van der Waals surface area contributed by atoms with E-state index in [4.69, 9.17) is 9.47 Å². The first-order valence-corrected chi connectivity index (χ1v) is 10.4. The highest BCUT2D eigenvalue weighted by Crippen LogP contribution is 2.33. The third kappa shape index (κ3) is 4.82. The van der Waals surface area contributed by atoms with Gasteiger partial charge in [-0.05, 0) is 55.7 Å². The molecule has 4 nitrogen and oxygen atoms in total. The van der Waals surface area contributed by atoms with Crippen LogP contribution in [0, 0.1) is 13.8 Å². The SMILES string of the molecule is Cc1cc(C)cc(C(=O)NC(Cc2ccccc2)c2ccc3c(c2)OCCCO3)c1. The Hall–Kier alpha value is -3.27. The summed E-state index contributed by atoms with van der Waals surface area (Å²) in [6.45, 7) is 5.31. The lowest BCUT2D eigenvalue weighted by Gasteiger charge is -2.21. The normalized spacial score (nSPS) is 13.9. The molecule has 1 aliphatic heterocycles. The number of nitrogens with one attached hydrogen (secondary N) is 1. The standard InChI is InChI=1S/C26H27NO3/c1-18-13-19(2)15-22(14-18)26(28)27-23(16-20-7-4-3-5-8-20)21-9-10-24-25(17-21)30-12-6-11-29-24/h3-5,7-10,13-15,17,23H,6,11-12,16H2,1-2H3,(H,27,28). The second kappa shape index (κ2) is 9.04. The van der Waals surface area contributed by atoms with Crippen molar-refractivity contribution in [1.29, 1.82) is 0 Å². The van der Waals surface area contributed by atoms with E-state index in [2.05, 4.69) is 23.5 Å². The van der Waals surface area contributed by atoms with Crippen LogP contribution in [0.15, 0.2) is 66.7 Å². The summed E-state index contributed by atoms with van der Waals surface area (Å²) in [6.07, 6.45) is 1.55. The van der Waals surface area contributed by atoms with Crippen molar-refractivity contribution >= 4 is 5.91 Å². The summed E-state index contributed by atoms with van der Waals surface area (Å²) < 4.78 is 11.6. The first kappa shape index (κ1) is 20.0. The molecular formula is C26H27NO3. The van der Waals surface area contributed by atoms with Crippen LogP contribution in [0.3, 0.4) is 0 Å². The number of hydrogen-bond acceptors (Lipinski definition) is 3. The monoisotopic (exact) mass is 401 g/mol. The van der Waals surface area contributed by atoms with Gasteiger partial charge in [-0.15, -0.1) is 0 Å². The van der Waals surface area contributed by atoms with Crippen molar-refractivity contribution in [1.82, 2.24) is 5.32 Å². The molecule has 1 unspecified atom stereocenters. The van der Waals surface area contributed by atoms with Gasteiger partial charge in [0.15, 0.2) is 11.5 Å². The number of fused-ring (bicyclic) bond motifs is 1. The summed E-state index contributed by atoms with van der Waals surface area (Å²) in [5, 5.41) is 3.24. The molecule has 30 heavy (non-hydrogen) atoms. The molecule has 0 fully saturated rings. The smallest absolute Gasteiger partial charge is 0.251 e. The second-order valence-electron chi connectivity index (χ2n) is 7.85. The molecule has 1 heterocycles. The highest BCUT2D eigenvalue weighted by Gasteiger charge is 2.20. The van der Waals surface area contributed by atoms with Crippen molar-refractivity contribution < 1.29 is 14.3 Å². The number of amides is 1. The zero-order chi connectivity index (χ0) is 20.9. The summed E-state index contributed by atoms with van der Waals surface area (Å²) in [5.74, 6) is 1.42. The lowest BCUT2D eigenvalue weighted by molar-refractivity contribution is 0.0936. The Kier molecular flexibility index (Phi) is 6.03. The fourth-order valence-corrected chi connectivity index (χ4v) is 3.85. The van der Waals surface area contributed by atoms with Gasteiger partial charge in [-0.3, -0.25) is 4.79 Å². The third-order valence-corrected chi connectivity index (χ3v) is 5.25. The third-order valence-electron chi connectivity index (χ3n) is 5.25. The van der Waals surface area contributed by atoms with Crippen LogP contribution >= 0.6 is 0 Å². The molecule has 0 bridgehead atoms. The number of aryl methyl sites for hydroxylation is 2. The van der Waals surface area contributed by atoms with Gasteiger partial charge < -0.3 is 14.8 Å². The molecule has 1 amide bonds. The van der Waals surface area contributed by atoms with E-state index in [-0.39, 0.29) is 11.9 Å². The van der Waals surface area contributed by atoms with Gasteiger partial charge >= 0.3 is 0 Å². The van der Waals surface area contributed by atoms with Crippen LogP contribution in [-0.4, -0.2) is 19.1 Å². The molecule has 154 valence electrons. The quantitative estimate of drug-likeness (QED) is 0.641. The predicted octanol–water partition coefficient (Wildman–Crippen LogP) is 5.18. The van der Waals surface area contributed by atoms with Gasteiger partial charge in [-0.2, -0.15) is 0 Å². The molecule has 4 rings (SSSR count). The highest BCUT2D eigenvalue weighted by atomic mass is 16.5.